The van der Waals surface area contributed by atoms with Crippen LogP contribution in [0.3, 0.4) is 0 Å². The Bertz CT molecular complexity index is 576. The minimum absolute atomic E-state index is 0.100. The third-order valence-electron chi connectivity index (χ3n) is 3.48. The fourth-order valence-corrected chi connectivity index (χ4v) is 2.73. The van der Waals surface area contributed by atoms with Crippen LogP contribution in [-0.4, -0.2) is 29.9 Å². The van der Waals surface area contributed by atoms with Gasteiger partial charge in [-0.05, 0) is 31.0 Å². The lowest BCUT2D eigenvalue weighted by Gasteiger charge is -2.13. The summed E-state index contributed by atoms with van der Waals surface area (Å²) in [6.45, 7) is 2.24. The quantitative estimate of drug-likeness (QED) is 0.863. The molecule has 1 aromatic carbocycles. The van der Waals surface area contributed by atoms with Gasteiger partial charge in [0.25, 0.3) is 0 Å². The summed E-state index contributed by atoms with van der Waals surface area (Å²) in [6, 6.07) is 5.79. The summed E-state index contributed by atoms with van der Waals surface area (Å²) in [4.78, 5) is 4.71. The third-order valence-corrected chi connectivity index (χ3v) is 3.71. The third kappa shape index (κ3) is 2.48. The molecule has 0 amide bonds. The smallest absolute Gasteiger partial charge is 0.139 e. The zero-order valence-electron chi connectivity index (χ0n) is 10.9. The molecule has 1 aliphatic heterocycles. The number of ether oxygens (including phenoxy) is 2. The summed E-state index contributed by atoms with van der Waals surface area (Å²) >= 11 is 6.09. The Labute approximate surface area is 117 Å². The van der Waals surface area contributed by atoms with Gasteiger partial charge in [-0.3, -0.25) is 0 Å². The number of nitrogens with zero attached hydrogens (tertiary/aromatic N) is 2. The lowest BCUT2D eigenvalue weighted by Crippen LogP contribution is -2.11. The number of hydrogen-bond acceptors (Lipinski definition) is 3. The molecule has 5 heteroatoms. The standard InChI is InChI=1S/C14H17ClN2O2/c1-18-8-6-17-12-9-10(15)4-5-11(12)16-14(17)13-3-2-7-19-13/h4-5,9,13H,2-3,6-8H2,1H3. The van der Waals surface area contributed by atoms with Crippen molar-refractivity contribution in [3.63, 3.8) is 0 Å². The molecule has 1 aliphatic rings. The highest BCUT2D eigenvalue weighted by Gasteiger charge is 2.24. The largest absolute Gasteiger partial charge is 0.383 e. The van der Waals surface area contributed by atoms with Crippen molar-refractivity contribution in [3.8, 4) is 0 Å². The maximum absolute atomic E-state index is 6.09. The van der Waals surface area contributed by atoms with Crippen LogP contribution < -0.4 is 0 Å². The van der Waals surface area contributed by atoms with Crippen LogP contribution in [0.1, 0.15) is 24.8 Å². The van der Waals surface area contributed by atoms with Crippen LogP contribution in [0.2, 0.25) is 5.02 Å². The summed E-state index contributed by atoms with van der Waals surface area (Å²) in [5, 5.41) is 0.727. The first-order chi connectivity index (χ1) is 9.29. The molecule has 0 radical (unpaired) electrons. The Hall–Kier alpha value is -1.10. The van der Waals surface area contributed by atoms with Gasteiger partial charge in [0.1, 0.15) is 11.9 Å². The highest BCUT2D eigenvalue weighted by atomic mass is 35.5. The van der Waals surface area contributed by atoms with Crippen LogP contribution in [0.15, 0.2) is 18.2 Å². The average Bonchev–Trinajstić information content (AvgIpc) is 3.03. The van der Waals surface area contributed by atoms with Crippen molar-refractivity contribution in [3.05, 3.63) is 29.0 Å². The number of rotatable bonds is 4. The van der Waals surface area contributed by atoms with E-state index in [9.17, 15) is 0 Å². The highest BCUT2D eigenvalue weighted by Crippen LogP contribution is 2.31. The summed E-state index contributed by atoms with van der Waals surface area (Å²) in [5.41, 5.74) is 2.01. The van der Waals surface area contributed by atoms with E-state index in [2.05, 4.69) is 4.57 Å². The van der Waals surface area contributed by atoms with E-state index in [-0.39, 0.29) is 6.10 Å². The summed E-state index contributed by atoms with van der Waals surface area (Å²) < 4.78 is 13.1. The fraction of sp³-hybridized carbons (Fsp3) is 0.500. The predicted molar refractivity (Wildman–Crippen MR) is 74.5 cm³/mol. The molecule has 2 heterocycles. The number of methoxy groups -OCH3 is 1. The highest BCUT2D eigenvalue weighted by molar-refractivity contribution is 6.31. The maximum Gasteiger partial charge on any atom is 0.139 e. The van der Waals surface area contributed by atoms with Crippen molar-refractivity contribution < 1.29 is 9.47 Å². The minimum atomic E-state index is 0.100. The number of fused-ring (bicyclic) bond motifs is 1. The van der Waals surface area contributed by atoms with Crippen LogP contribution in [-0.2, 0) is 16.0 Å². The summed E-state index contributed by atoms with van der Waals surface area (Å²) in [6.07, 6.45) is 2.23. The zero-order valence-corrected chi connectivity index (χ0v) is 11.7. The first kappa shape index (κ1) is 12.9. The van der Waals surface area contributed by atoms with Gasteiger partial charge in [-0.15, -0.1) is 0 Å². The van der Waals surface area contributed by atoms with Gasteiger partial charge in [0.2, 0.25) is 0 Å². The monoisotopic (exact) mass is 280 g/mol. The molecule has 0 saturated carbocycles. The fourth-order valence-electron chi connectivity index (χ4n) is 2.56. The van der Waals surface area contributed by atoms with Gasteiger partial charge in [-0.25, -0.2) is 4.98 Å². The topological polar surface area (TPSA) is 36.3 Å². The number of benzene rings is 1. The van der Waals surface area contributed by atoms with E-state index in [4.69, 9.17) is 26.1 Å². The average molecular weight is 281 g/mol. The maximum atomic E-state index is 6.09. The van der Waals surface area contributed by atoms with E-state index in [1.54, 1.807) is 7.11 Å². The van der Waals surface area contributed by atoms with Gasteiger partial charge < -0.3 is 14.0 Å². The van der Waals surface area contributed by atoms with E-state index in [1.165, 1.54) is 0 Å². The molecule has 1 unspecified atom stereocenters. The molecular formula is C14H17ClN2O2. The molecule has 1 aromatic heterocycles. The van der Waals surface area contributed by atoms with Crippen LogP contribution >= 0.6 is 11.6 Å². The second kappa shape index (κ2) is 5.49. The predicted octanol–water partition coefficient (Wildman–Crippen LogP) is 3.19. The van der Waals surface area contributed by atoms with Crippen LogP contribution in [0.25, 0.3) is 11.0 Å². The molecule has 0 N–H and O–H groups in total. The minimum Gasteiger partial charge on any atom is -0.383 e. The molecule has 0 bridgehead atoms. The van der Waals surface area contributed by atoms with Crippen molar-refractivity contribution in [2.45, 2.75) is 25.5 Å². The van der Waals surface area contributed by atoms with E-state index >= 15 is 0 Å². The van der Waals surface area contributed by atoms with Crippen molar-refractivity contribution in [1.82, 2.24) is 9.55 Å². The molecule has 0 spiro atoms. The van der Waals surface area contributed by atoms with Gasteiger partial charge in [0, 0.05) is 25.3 Å². The summed E-state index contributed by atoms with van der Waals surface area (Å²) in [7, 11) is 1.71. The Morgan fingerprint density at radius 3 is 3.16 bits per heavy atom. The normalized spacial score (nSPS) is 19.4. The van der Waals surface area contributed by atoms with Gasteiger partial charge in [0.05, 0.1) is 17.6 Å². The number of hydrogen-bond donors (Lipinski definition) is 0. The molecule has 102 valence electrons. The Morgan fingerprint density at radius 1 is 1.53 bits per heavy atom. The molecule has 2 aromatic rings. The second-order valence-electron chi connectivity index (χ2n) is 4.75. The van der Waals surface area contributed by atoms with E-state index in [1.807, 2.05) is 18.2 Å². The molecule has 1 saturated heterocycles. The van der Waals surface area contributed by atoms with Gasteiger partial charge >= 0.3 is 0 Å². The molecular weight excluding hydrogens is 264 g/mol. The van der Waals surface area contributed by atoms with E-state index in [0.29, 0.717) is 6.61 Å². The van der Waals surface area contributed by atoms with E-state index in [0.717, 1.165) is 47.9 Å². The Kier molecular flexibility index (Phi) is 3.73. The first-order valence-corrected chi connectivity index (χ1v) is 6.93. The SMILES string of the molecule is COCCn1c(C2CCCO2)nc2ccc(Cl)cc21. The Morgan fingerprint density at radius 2 is 2.42 bits per heavy atom. The number of aromatic nitrogens is 2. The molecule has 19 heavy (non-hydrogen) atoms. The lowest BCUT2D eigenvalue weighted by molar-refractivity contribution is 0.100. The van der Waals surface area contributed by atoms with E-state index < -0.39 is 0 Å². The van der Waals surface area contributed by atoms with Gasteiger partial charge in [-0.1, -0.05) is 11.6 Å². The zero-order chi connectivity index (χ0) is 13.2. The lowest BCUT2D eigenvalue weighted by atomic mass is 10.2. The van der Waals surface area contributed by atoms with Crippen LogP contribution in [0, 0.1) is 0 Å². The van der Waals surface area contributed by atoms with Crippen molar-refractivity contribution in [1.29, 1.82) is 0 Å². The molecule has 3 rings (SSSR count). The summed E-state index contributed by atoms with van der Waals surface area (Å²) in [5.74, 6) is 0.992. The first-order valence-electron chi connectivity index (χ1n) is 6.56. The molecule has 0 aliphatic carbocycles. The van der Waals surface area contributed by atoms with Crippen molar-refractivity contribution >= 4 is 22.6 Å². The van der Waals surface area contributed by atoms with Gasteiger partial charge in [-0.2, -0.15) is 0 Å². The van der Waals surface area contributed by atoms with Crippen LogP contribution in [0.5, 0.6) is 0 Å². The van der Waals surface area contributed by atoms with Crippen molar-refractivity contribution in [2.75, 3.05) is 20.3 Å². The van der Waals surface area contributed by atoms with Gasteiger partial charge in [0.15, 0.2) is 0 Å². The molecule has 1 fully saturated rings. The number of halogens is 1. The molecule has 1 atom stereocenters. The number of imidazole rings is 1. The second-order valence-corrected chi connectivity index (χ2v) is 5.19. The van der Waals surface area contributed by atoms with Crippen molar-refractivity contribution in [2.24, 2.45) is 0 Å². The molecule has 4 nitrogen and oxygen atoms in total. The van der Waals surface area contributed by atoms with Crippen LogP contribution in [0.4, 0.5) is 0 Å². The Balaban J connectivity index is 2.07.